The molecule has 1 aliphatic rings. The third-order valence-corrected chi connectivity index (χ3v) is 3.59. The molecule has 7 heteroatoms. The van der Waals surface area contributed by atoms with Gasteiger partial charge < -0.3 is 10.1 Å². The zero-order valence-corrected chi connectivity index (χ0v) is 10.4. The van der Waals surface area contributed by atoms with E-state index < -0.39 is 10.0 Å². The molecule has 1 amide bonds. The standard InChI is InChI=1S/C9H18N2O4S/c1-15-6-5-10-9(12)7-11(8-3-4-8)16(2,13)14/h8H,3-7H2,1-2H3,(H,10,12). The minimum absolute atomic E-state index is 0.0168. The van der Waals surface area contributed by atoms with Crippen LogP contribution in [0.25, 0.3) is 0 Å². The highest BCUT2D eigenvalue weighted by molar-refractivity contribution is 7.88. The number of carbonyl (C=O) groups is 1. The smallest absolute Gasteiger partial charge is 0.235 e. The summed E-state index contributed by atoms with van der Waals surface area (Å²) in [6.07, 6.45) is 2.82. The lowest BCUT2D eigenvalue weighted by molar-refractivity contribution is -0.121. The molecule has 0 atom stereocenters. The van der Waals surface area contributed by atoms with Crippen LogP contribution in [0.1, 0.15) is 12.8 Å². The van der Waals surface area contributed by atoms with Crippen LogP contribution in [-0.2, 0) is 19.6 Å². The molecule has 0 saturated heterocycles. The maximum Gasteiger partial charge on any atom is 0.235 e. The highest BCUT2D eigenvalue weighted by Crippen LogP contribution is 2.28. The van der Waals surface area contributed by atoms with Crippen molar-refractivity contribution in [3.05, 3.63) is 0 Å². The summed E-state index contributed by atoms with van der Waals surface area (Å²) in [6, 6.07) is 0.0168. The normalized spacial score (nSPS) is 16.4. The van der Waals surface area contributed by atoms with Gasteiger partial charge in [-0.2, -0.15) is 4.31 Å². The van der Waals surface area contributed by atoms with Gasteiger partial charge in [0.25, 0.3) is 0 Å². The minimum Gasteiger partial charge on any atom is -0.383 e. The number of hydrogen-bond donors (Lipinski definition) is 1. The highest BCUT2D eigenvalue weighted by Gasteiger charge is 2.35. The van der Waals surface area contributed by atoms with Gasteiger partial charge in [0, 0.05) is 19.7 Å². The van der Waals surface area contributed by atoms with E-state index in [0.717, 1.165) is 19.1 Å². The van der Waals surface area contributed by atoms with Crippen molar-refractivity contribution in [2.24, 2.45) is 0 Å². The fraction of sp³-hybridized carbons (Fsp3) is 0.889. The van der Waals surface area contributed by atoms with E-state index in [4.69, 9.17) is 4.74 Å². The van der Waals surface area contributed by atoms with Gasteiger partial charge in [0.15, 0.2) is 0 Å². The first-order valence-electron chi connectivity index (χ1n) is 5.17. The molecule has 0 aromatic heterocycles. The first-order valence-corrected chi connectivity index (χ1v) is 7.02. The highest BCUT2D eigenvalue weighted by atomic mass is 32.2. The van der Waals surface area contributed by atoms with Crippen molar-refractivity contribution < 1.29 is 17.9 Å². The molecule has 16 heavy (non-hydrogen) atoms. The summed E-state index contributed by atoms with van der Waals surface area (Å²) >= 11 is 0. The maximum absolute atomic E-state index is 11.4. The summed E-state index contributed by atoms with van der Waals surface area (Å²) < 4.78 is 28.8. The fourth-order valence-electron chi connectivity index (χ4n) is 1.37. The fourth-order valence-corrected chi connectivity index (χ4v) is 2.47. The van der Waals surface area contributed by atoms with Gasteiger partial charge in [-0.15, -0.1) is 0 Å². The number of sulfonamides is 1. The SMILES string of the molecule is COCCNC(=O)CN(C1CC1)S(C)(=O)=O. The number of hydrogen-bond acceptors (Lipinski definition) is 4. The molecule has 0 radical (unpaired) electrons. The average Bonchev–Trinajstić information content (AvgIpc) is 2.96. The Kier molecular flexibility index (Phi) is 4.69. The molecule has 1 N–H and O–H groups in total. The lowest BCUT2D eigenvalue weighted by Gasteiger charge is -2.18. The van der Waals surface area contributed by atoms with Crippen LogP contribution in [0, 0.1) is 0 Å². The second kappa shape index (κ2) is 5.60. The van der Waals surface area contributed by atoms with E-state index in [0.29, 0.717) is 13.2 Å². The van der Waals surface area contributed by atoms with Gasteiger partial charge in [-0.3, -0.25) is 4.79 Å². The lowest BCUT2D eigenvalue weighted by Crippen LogP contribution is -2.42. The number of rotatable bonds is 7. The van der Waals surface area contributed by atoms with Crippen LogP contribution in [0.2, 0.25) is 0 Å². The van der Waals surface area contributed by atoms with Crippen LogP contribution in [0.5, 0.6) is 0 Å². The van der Waals surface area contributed by atoms with Crippen molar-refractivity contribution in [1.29, 1.82) is 0 Å². The zero-order valence-electron chi connectivity index (χ0n) is 9.60. The summed E-state index contributed by atoms with van der Waals surface area (Å²) in [5.41, 5.74) is 0. The largest absolute Gasteiger partial charge is 0.383 e. The average molecular weight is 250 g/mol. The van der Waals surface area contributed by atoms with Crippen LogP contribution in [-0.4, -0.2) is 57.7 Å². The van der Waals surface area contributed by atoms with Gasteiger partial charge in [-0.1, -0.05) is 0 Å². The van der Waals surface area contributed by atoms with E-state index in [2.05, 4.69) is 5.32 Å². The Morgan fingerprint density at radius 1 is 1.50 bits per heavy atom. The van der Waals surface area contributed by atoms with E-state index in [1.165, 1.54) is 4.31 Å². The molecule has 1 fully saturated rings. The summed E-state index contributed by atoms with van der Waals surface area (Å²) in [5, 5.41) is 2.60. The Morgan fingerprint density at radius 3 is 2.56 bits per heavy atom. The Hall–Kier alpha value is -0.660. The zero-order chi connectivity index (χ0) is 12.2. The van der Waals surface area contributed by atoms with E-state index in [1.54, 1.807) is 7.11 Å². The second-order valence-corrected chi connectivity index (χ2v) is 5.82. The molecular formula is C9H18N2O4S. The van der Waals surface area contributed by atoms with E-state index in [1.807, 2.05) is 0 Å². The topological polar surface area (TPSA) is 75.7 Å². The molecule has 6 nitrogen and oxygen atoms in total. The molecule has 0 spiro atoms. The number of nitrogens with one attached hydrogen (secondary N) is 1. The van der Waals surface area contributed by atoms with Crippen molar-refractivity contribution in [1.82, 2.24) is 9.62 Å². The van der Waals surface area contributed by atoms with E-state index in [9.17, 15) is 13.2 Å². The number of nitrogens with zero attached hydrogens (tertiary/aromatic N) is 1. The molecule has 1 rings (SSSR count). The predicted octanol–water partition coefficient (Wildman–Crippen LogP) is -0.827. The van der Waals surface area contributed by atoms with Gasteiger partial charge in [0.05, 0.1) is 19.4 Å². The van der Waals surface area contributed by atoms with Gasteiger partial charge >= 0.3 is 0 Å². The van der Waals surface area contributed by atoms with Gasteiger partial charge in [0.2, 0.25) is 15.9 Å². The molecule has 0 heterocycles. The number of ether oxygens (including phenoxy) is 1. The second-order valence-electron chi connectivity index (χ2n) is 3.88. The molecule has 0 aliphatic heterocycles. The van der Waals surface area contributed by atoms with Crippen LogP contribution in [0.4, 0.5) is 0 Å². The Morgan fingerprint density at radius 2 is 2.12 bits per heavy atom. The molecule has 1 saturated carbocycles. The maximum atomic E-state index is 11.4. The van der Waals surface area contributed by atoms with Crippen LogP contribution in [0.3, 0.4) is 0 Å². The number of methoxy groups -OCH3 is 1. The molecule has 0 unspecified atom stereocenters. The quantitative estimate of drug-likeness (QED) is 0.599. The predicted molar refractivity (Wildman–Crippen MR) is 59.5 cm³/mol. The van der Waals surface area contributed by atoms with Gasteiger partial charge in [0.1, 0.15) is 0 Å². The number of amides is 1. The van der Waals surface area contributed by atoms with Gasteiger partial charge in [-0.25, -0.2) is 8.42 Å². The third-order valence-electron chi connectivity index (χ3n) is 2.31. The van der Waals surface area contributed by atoms with Crippen molar-refractivity contribution in [3.8, 4) is 0 Å². The summed E-state index contributed by atoms with van der Waals surface area (Å²) in [6.45, 7) is 0.735. The molecule has 0 bridgehead atoms. The molecule has 1 aliphatic carbocycles. The van der Waals surface area contributed by atoms with Crippen molar-refractivity contribution >= 4 is 15.9 Å². The van der Waals surface area contributed by atoms with Crippen molar-refractivity contribution in [2.45, 2.75) is 18.9 Å². The third kappa shape index (κ3) is 4.46. The molecule has 94 valence electrons. The van der Waals surface area contributed by atoms with E-state index >= 15 is 0 Å². The van der Waals surface area contributed by atoms with E-state index in [-0.39, 0.29) is 18.5 Å². The monoisotopic (exact) mass is 250 g/mol. The van der Waals surface area contributed by atoms with Crippen LogP contribution in [0.15, 0.2) is 0 Å². The van der Waals surface area contributed by atoms with Gasteiger partial charge in [-0.05, 0) is 12.8 Å². The van der Waals surface area contributed by atoms with Crippen LogP contribution < -0.4 is 5.32 Å². The number of carbonyl (C=O) groups excluding carboxylic acids is 1. The van der Waals surface area contributed by atoms with Crippen molar-refractivity contribution in [3.63, 3.8) is 0 Å². The first-order chi connectivity index (χ1) is 7.45. The van der Waals surface area contributed by atoms with Crippen LogP contribution >= 0.6 is 0 Å². The molecule has 0 aromatic carbocycles. The Bertz CT molecular complexity index is 337. The summed E-state index contributed by atoms with van der Waals surface area (Å²) in [7, 11) is -1.75. The lowest BCUT2D eigenvalue weighted by atomic mass is 10.5. The summed E-state index contributed by atoms with van der Waals surface area (Å²) in [4.78, 5) is 11.4. The Balaban J connectivity index is 2.40. The Labute approximate surface area is 96.0 Å². The summed E-state index contributed by atoms with van der Waals surface area (Å²) in [5.74, 6) is -0.283. The van der Waals surface area contributed by atoms with Crippen molar-refractivity contribution in [2.75, 3.05) is 33.1 Å². The minimum atomic E-state index is -3.29. The molecular weight excluding hydrogens is 232 g/mol. The molecule has 0 aromatic rings. The first kappa shape index (κ1) is 13.4.